The summed E-state index contributed by atoms with van der Waals surface area (Å²) in [6, 6.07) is 22.2. The number of nitrogens with zero attached hydrogens (tertiary/aromatic N) is 2. The minimum atomic E-state index is -1.08. The van der Waals surface area contributed by atoms with Crippen LogP contribution in [0.1, 0.15) is 27.1 Å². The first-order valence-electron chi connectivity index (χ1n) is 9.23. The van der Waals surface area contributed by atoms with Crippen LogP contribution in [0.25, 0.3) is 11.1 Å². The summed E-state index contributed by atoms with van der Waals surface area (Å²) >= 11 is 0. The zero-order valence-corrected chi connectivity index (χ0v) is 15.8. The van der Waals surface area contributed by atoms with E-state index >= 15 is 0 Å². The van der Waals surface area contributed by atoms with Crippen LogP contribution < -0.4 is 10.3 Å². The molecule has 0 unspecified atom stereocenters. The van der Waals surface area contributed by atoms with Crippen LogP contribution >= 0.6 is 0 Å². The monoisotopic (exact) mass is 399 g/mol. The number of anilines is 1. The highest BCUT2D eigenvalue weighted by Crippen LogP contribution is 2.27. The Bertz CT molecular complexity index is 1170. The molecule has 0 saturated carbocycles. The molecule has 148 valence electrons. The third-order valence-electron chi connectivity index (χ3n) is 4.65. The number of nitrogens with one attached hydrogen (secondary N) is 1. The van der Waals surface area contributed by atoms with Crippen molar-refractivity contribution in [3.63, 3.8) is 0 Å². The van der Waals surface area contributed by atoms with E-state index in [1.54, 1.807) is 66.7 Å². The van der Waals surface area contributed by atoms with Gasteiger partial charge in [0.1, 0.15) is 5.84 Å². The number of para-hydroxylation sites is 1. The number of hydrazone groups is 1. The minimum absolute atomic E-state index is 0.0332. The number of hydrogen-bond acceptors (Lipinski definition) is 4. The van der Waals surface area contributed by atoms with Crippen LogP contribution in [0.15, 0.2) is 84.0 Å². The van der Waals surface area contributed by atoms with Crippen LogP contribution in [0.4, 0.5) is 5.69 Å². The van der Waals surface area contributed by atoms with Gasteiger partial charge >= 0.3 is 5.97 Å². The molecule has 0 fully saturated rings. The minimum Gasteiger partial charge on any atom is -0.478 e. The highest BCUT2D eigenvalue weighted by molar-refractivity contribution is 6.19. The van der Waals surface area contributed by atoms with Crippen LogP contribution in [0, 0.1) is 0 Å². The second kappa shape index (κ2) is 8.00. The summed E-state index contributed by atoms with van der Waals surface area (Å²) in [5, 5.41) is 17.7. The molecular weight excluding hydrogens is 382 g/mol. The van der Waals surface area contributed by atoms with Crippen molar-refractivity contribution in [3.05, 3.63) is 90.0 Å². The molecule has 3 aromatic rings. The summed E-state index contributed by atoms with van der Waals surface area (Å²) in [5.74, 6) is -1.56. The number of benzene rings is 3. The predicted molar refractivity (Wildman–Crippen MR) is 112 cm³/mol. The first-order chi connectivity index (χ1) is 14.5. The number of carboxylic acids is 1. The smallest absolute Gasteiger partial charge is 0.336 e. The van der Waals surface area contributed by atoms with E-state index in [1.807, 2.05) is 6.07 Å². The number of carboxylic acid groups (broad SMARTS) is 1. The molecule has 7 heteroatoms. The largest absolute Gasteiger partial charge is 0.478 e. The van der Waals surface area contributed by atoms with Crippen molar-refractivity contribution < 1.29 is 19.5 Å². The number of amides is 2. The Morgan fingerprint density at radius 2 is 1.40 bits per heavy atom. The molecule has 1 aliphatic heterocycles. The zero-order valence-electron chi connectivity index (χ0n) is 15.8. The maximum Gasteiger partial charge on any atom is 0.336 e. The lowest BCUT2D eigenvalue weighted by Gasteiger charge is -2.12. The van der Waals surface area contributed by atoms with Gasteiger partial charge in [-0.1, -0.05) is 54.6 Å². The van der Waals surface area contributed by atoms with E-state index in [-0.39, 0.29) is 23.7 Å². The molecule has 4 rings (SSSR count). The second-order valence-electron chi connectivity index (χ2n) is 6.62. The molecule has 30 heavy (non-hydrogen) atoms. The van der Waals surface area contributed by atoms with Gasteiger partial charge in [-0.25, -0.2) is 4.79 Å². The molecule has 0 aromatic heterocycles. The van der Waals surface area contributed by atoms with Crippen LogP contribution in [0.2, 0.25) is 0 Å². The molecule has 0 bridgehead atoms. The van der Waals surface area contributed by atoms with Crippen molar-refractivity contribution in [2.75, 3.05) is 5.01 Å². The molecule has 7 nitrogen and oxygen atoms in total. The molecule has 1 heterocycles. The quantitative estimate of drug-likeness (QED) is 0.701. The van der Waals surface area contributed by atoms with Gasteiger partial charge in [-0.2, -0.15) is 10.1 Å². The van der Waals surface area contributed by atoms with E-state index in [2.05, 4.69) is 10.4 Å². The summed E-state index contributed by atoms with van der Waals surface area (Å²) in [5.41, 5.74) is 1.92. The molecular formula is C23H17N3O4. The maximum atomic E-state index is 13.0. The molecule has 3 aromatic carbocycles. The van der Waals surface area contributed by atoms with Gasteiger partial charge in [0.15, 0.2) is 0 Å². The Balaban J connectivity index is 1.63. The van der Waals surface area contributed by atoms with E-state index in [1.165, 1.54) is 11.1 Å². The molecule has 0 radical (unpaired) electrons. The topological polar surface area (TPSA) is 99.1 Å². The second-order valence-corrected chi connectivity index (χ2v) is 6.62. The van der Waals surface area contributed by atoms with Gasteiger partial charge in [-0.05, 0) is 35.4 Å². The summed E-state index contributed by atoms with van der Waals surface area (Å²) in [6.45, 7) is 0. The van der Waals surface area contributed by atoms with Crippen LogP contribution in [0.3, 0.4) is 0 Å². The molecule has 1 aliphatic rings. The number of carbonyl (C=O) groups is 3. The Kier molecular flexibility index (Phi) is 5.09. The van der Waals surface area contributed by atoms with Crippen molar-refractivity contribution in [1.82, 2.24) is 5.32 Å². The van der Waals surface area contributed by atoms with Crippen molar-refractivity contribution in [2.24, 2.45) is 5.10 Å². The Morgan fingerprint density at radius 1 is 0.833 bits per heavy atom. The number of carbonyl (C=O) groups excluding carboxylic acids is 2. The van der Waals surface area contributed by atoms with Crippen LogP contribution in [-0.4, -0.2) is 28.7 Å². The van der Waals surface area contributed by atoms with Crippen LogP contribution in [0.5, 0.6) is 0 Å². The first kappa shape index (κ1) is 19.1. The molecule has 0 saturated heterocycles. The standard InChI is InChI=1S/C23H17N3O4/c27-21-14-20(25-26(21)15-8-2-1-3-9-15)24-22(28)18-12-6-4-10-16(18)17-11-5-7-13-19(17)23(29)30/h1-13H,14H2,(H,29,30)(H,24,25,28). The van der Waals surface area contributed by atoms with Crippen LogP contribution in [-0.2, 0) is 4.79 Å². The van der Waals surface area contributed by atoms with Gasteiger partial charge in [0.05, 0.1) is 17.7 Å². The highest BCUT2D eigenvalue weighted by Gasteiger charge is 2.27. The van der Waals surface area contributed by atoms with E-state index < -0.39 is 11.9 Å². The lowest BCUT2D eigenvalue weighted by Crippen LogP contribution is -2.30. The normalized spacial score (nSPS) is 13.1. The molecule has 2 amide bonds. The Hall–Kier alpha value is -4.26. The highest BCUT2D eigenvalue weighted by atomic mass is 16.4. The average Bonchev–Trinajstić information content (AvgIpc) is 3.14. The SMILES string of the molecule is O=C(O)c1ccccc1-c1ccccc1C(=O)NC1=NN(c2ccccc2)C(=O)C1. The van der Waals surface area contributed by atoms with Gasteiger partial charge in [-0.3, -0.25) is 9.59 Å². The number of aromatic carboxylic acids is 1. The summed E-state index contributed by atoms with van der Waals surface area (Å²) in [7, 11) is 0. The fourth-order valence-corrected chi connectivity index (χ4v) is 3.29. The van der Waals surface area contributed by atoms with E-state index in [0.29, 0.717) is 22.4 Å². The average molecular weight is 399 g/mol. The summed E-state index contributed by atoms with van der Waals surface area (Å²) in [4.78, 5) is 36.9. The molecule has 2 N–H and O–H groups in total. The van der Waals surface area contributed by atoms with Gasteiger partial charge in [0.2, 0.25) is 0 Å². The third kappa shape index (κ3) is 3.68. The van der Waals surface area contributed by atoms with Gasteiger partial charge in [-0.15, -0.1) is 0 Å². The fraction of sp³-hybridized carbons (Fsp3) is 0.0435. The van der Waals surface area contributed by atoms with E-state index in [4.69, 9.17) is 0 Å². The number of rotatable bonds is 4. The molecule has 0 aliphatic carbocycles. The van der Waals surface area contributed by atoms with Crippen molar-refractivity contribution >= 4 is 29.3 Å². The van der Waals surface area contributed by atoms with Gasteiger partial charge in [0, 0.05) is 5.56 Å². The lowest BCUT2D eigenvalue weighted by atomic mass is 9.95. The number of hydrogen-bond donors (Lipinski definition) is 2. The maximum absolute atomic E-state index is 13.0. The zero-order chi connectivity index (χ0) is 21.1. The first-order valence-corrected chi connectivity index (χ1v) is 9.23. The Morgan fingerprint density at radius 3 is 2.07 bits per heavy atom. The van der Waals surface area contributed by atoms with E-state index in [9.17, 15) is 19.5 Å². The predicted octanol–water partition coefficient (Wildman–Crippen LogP) is 3.53. The van der Waals surface area contributed by atoms with E-state index in [0.717, 1.165) is 0 Å². The fourth-order valence-electron chi connectivity index (χ4n) is 3.29. The molecule has 0 atom stereocenters. The summed E-state index contributed by atoms with van der Waals surface area (Å²) in [6.07, 6.45) is -0.0332. The third-order valence-corrected chi connectivity index (χ3v) is 4.65. The number of amidine groups is 1. The Labute approximate surface area is 172 Å². The van der Waals surface area contributed by atoms with Crippen molar-refractivity contribution in [1.29, 1.82) is 0 Å². The van der Waals surface area contributed by atoms with Crippen molar-refractivity contribution in [3.8, 4) is 11.1 Å². The lowest BCUT2D eigenvalue weighted by molar-refractivity contribution is -0.116. The van der Waals surface area contributed by atoms with Gasteiger partial charge in [0.25, 0.3) is 11.8 Å². The molecule has 0 spiro atoms. The summed E-state index contributed by atoms with van der Waals surface area (Å²) < 4.78 is 0. The van der Waals surface area contributed by atoms with Crippen molar-refractivity contribution in [2.45, 2.75) is 6.42 Å². The van der Waals surface area contributed by atoms with Gasteiger partial charge < -0.3 is 10.4 Å².